The lowest BCUT2D eigenvalue weighted by atomic mass is 10.2. The third kappa shape index (κ3) is 3.09. The van der Waals surface area contributed by atoms with E-state index in [0.29, 0.717) is 22.2 Å². The Bertz CT molecular complexity index is 1070. The quantitative estimate of drug-likeness (QED) is 0.534. The Balaban J connectivity index is 1.80. The van der Waals surface area contributed by atoms with Gasteiger partial charge in [0.1, 0.15) is 4.88 Å². The van der Waals surface area contributed by atoms with Crippen molar-refractivity contribution in [3.8, 4) is 0 Å². The summed E-state index contributed by atoms with van der Waals surface area (Å²) in [4.78, 5) is 24.3. The van der Waals surface area contributed by atoms with Crippen LogP contribution in [0.5, 0.6) is 0 Å². The summed E-state index contributed by atoms with van der Waals surface area (Å²) in [5.41, 5.74) is 3.59. The van der Waals surface area contributed by atoms with Crippen LogP contribution in [0.1, 0.15) is 26.5 Å². The molecule has 0 spiro atoms. The number of hydrogen-bond acceptors (Lipinski definition) is 7. The molecule has 0 fully saturated rings. The van der Waals surface area contributed by atoms with E-state index >= 15 is 0 Å². The molecule has 0 bridgehead atoms. The van der Waals surface area contributed by atoms with Crippen LogP contribution < -0.4 is 4.90 Å². The van der Waals surface area contributed by atoms with Crippen molar-refractivity contribution >= 4 is 44.1 Å². The van der Waals surface area contributed by atoms with Crippen molar-refractivity contribution in [2.24, 2.45) is 0 Å². The van der Waals surface area contributed by atoms with Gasteiger partial charge in [-0.3, -0.25) is 14.7 Å². The maximum atomic E-state index is 13.2. The number of fused-ring (bicyclic) bond motifs is 1. The topological polar surface area (TPSA) is 71.9 Å². The largest absolute Gasteiger partial charge is 0.279 e. The van der Waals surface area contributed by atoms with Gasteiger partial charge in [0.25, 0.3) is 5.91 Å². The van der Waals surface area contributed by atoms with E-state index in [1.165, 1.54) is 11.3 Å². The van der Waals surface area contributed by atoms with Gasteiger partial charge < -0.3 is 0 Å². The summed E-state index contributed by atoms with van der Waals surface area (Å²) in [6.45, 7) is 4.21. The van der Waals surface area contributed by atoms with Crippen LogP contribution in [-0.4, -0.2) is 25.5 Å². The van der Waals surface area contributed by atoms with Gasteiger partial charge in [-0.05, 0) is 48.6 Å². The molecule has 8 heteroatoms. The standard InChI is InChI=1S/C18H15N5OS2/c1-11-5-3-7-14-15(11)20-18(25-14)23(10-13-6-4-8-19-9-13)17(24)16-12(2)21-22-26-16/h3-9H,10H2,1-2H3. The predicted octanol–water partition coefficient (Wildman–Crippen LogP) is 4.01. The molecule has 1 amide bonds. The van der Waals surface area contributed by atoms with Gasteiger partial charge in [0.2, 0.25) is 0 Å². The molecule has 6 nitrogen and oxygen atoms in total. The third-order valence-corrected chi connectivity index (χ3v) is 5.85. The molecule has 3 aromatic heterocycles. The van der Waals surface area contributed by atoms with Crippen LogP contribution in [0.4, 0.5) is 5.13 Å². The number of nitrogens with zero attached hydrogens (tertiary/aromatic N) is 5. The van der Waals surface area contributed by atoms with Crippen molar-refractivity contribution in [1.29, 1.82) is 0 Å². The van der Waals surface area contributed by atoms with Gasteiger partial charge in [-0.2, -0.15) is 0 Å². The van der Waals surface area contributed by atoms with E-state index < -0.39 is 0 Å². The van der Waals surface area contributed by atoms with Gasteiger partial charge in [-0.1, -0.05) is 34.0 Å². The average molecular weight is 381 g/mol. The van der Waals surface area contributed by atoms with E-state index in [9.17, 15) is 4.79 Å². The zero-order valence-electron chi connectivity index (χ0n) is 14.2. The summed E-state index contributed by atoms with van der Waals surface area (Å²) in [7, 11) is 0. The number of rotatable bonds is 4. The summed E-state index contributed by atoms with van der Waals surface area (Å²) in [5.74, 6) is -0.141. The summed E-state index contributed by atoms with van der Waals surface area (Å²) < 4.78 is 4.96. The predicted molar refractivity (Wildman–Crippen MR) is 104 cm³/mol. The van der Waals surface area contributed by atoms with Gasteiger partial charge in [-0.25, -0.2) is 4.98 Å². The number of pyridine rings is 1. The molecule has 0 aliphatic carbocycles. The van der Waals surface area contributed by atoms with Crippen LogP contribution in [0.2, 0.25) is 0 Å². The Morgan fingerprint density at radius 1 is 1.19 bits per heavy atom. The number of carbonyl (C=O) groups excluding carboxylic acids is 1. The minimum Gasteiger partial charge on any atom is -0.279 e. The minimum atomic E-state index is -0.141. The van der Waals surface area contributed by atoms with E-state index in [1.54, 1.807) is 24.2 Å². The second-order valence-corrected chi connectivity index (χ2v) is 7.62. The van der Waals surface area contributed by atoms with E-state index in [1.807, 2.05) is 37.3 Å². The number of thiazole rings is 1. The Kier molecular flexibility index (Phi) is 4.44. The van der Waals surface area contributed by atoms with E-state index in [0.717, 1.165) is 32.9 Å². The van der Waals surface area contributed by atoms with Crippen molar-refractivity contribution in [3.63, 3.8) is 0 Å². The van der Waals surface area contributed by atoms with Gasteiger partial charge in [-0.15, -0.1) is 5.10 Å². The molecule has 3 heterocycles. The molecule has 0 unspecified atom stereocenters. The fourth-order valence-electron chi connectivity index (χ4n) is 2.64. The number of hydrogen-bond donors (Lipinski definition) is 0. The van der Waals surface area contributed by atoms with Crippen molar-refractivity contribution < 1.29 is 4.79 Å². The van der Waals surface area contributed by atoms with Crippen LogP contribution in [0, 0.1) is 13.8 Å². The second kappa shape index (κ2) is 6.89. The first-order valence-corrected chi connectivity index (χ1v) is 9.58. The monoisotopic (exact) mass is 381 g/mol. The second-order valence-electron chi connectivity index (χ2n) is 5.86. The number of amides is 1. The highest BCUT2D eigenvalue weighted by Crippen LogP contribution is 2.32. The zero-order chi connectivity index (χ0) is 18.1. The number of para-hydroxylation sites is 1. The van der Waals surface area contributed by atoms with Gasteiger partial charge in [0, 0.05) is 12.4 Å². The van der Waals surface area contributed by atoms with E-state index in [-0.39, 0.29) is 5.91 Å². The Hall–Kier alpha value is -2.71. The number of aromatic nitrogens is 4. The molecule has 0 atom stereocenters. The SMILES string of the molecule is Cc1nnsc1C(=O)N(Cc1cccnc1)c1nc2c(C)cccc2s1. The number of carbonyl (C=O) groups is 1. The minimum absolute atomic E-state index is 0.141. The fourth-order valence-corrected chi connectivity index (χ4v) is 4.29. The molecule has 0 aliphatic heterocycles. The summed E-state index contributed by atoms with van der Waals surface area (Å²) in [6.07, 6.45) is 3.48. The van der Waals surface area contributed by atoms with E-state index in [4.69, 9.17) is 4.98 Å². The highest BCUT2D eigenvalue weighted by Gasteiger charge is 2.25. The number of aryl methyl sites for hydroxylation is 2. The Morgan fingerprint density at radius 3 is 2.77 bits per heavy atom. The van der Waals surface area contributed by atoms with Gasteiger partial charge >= 0.3 is 0 Å². The summed E-state index contributed by atoms with van der Waals surface area (Å²) in [6, 6.07) is 9.86. The maximum Gasteiger partial charge on any atom is 0.274 e. The van der Waals surface area contributed by atoms with Crippen LogP contribution in [0.25, 0.3) is 10.2 Å². The number of anilines is 1. The Labute approximate surface area is 158 Å². The molecular formula is C18H15N5OS2. The highest BCUT2D eigenvalue weighted by molar-refractivity contribution is 7.22. The van der Waals surface area contributed by atoms with Crippen LogP contribution >= 0.6 is 22.9 Å². The molecule has 1 aromatic carbocycles. The first kappa shape index (κ1) is 16.7. The maximum absolute atomic E-state index is 13.2. The first-order chi connectivity index (χ1) is 12.6. The Morgan fingerprint density at radius 2 is 2.08 bits per heavy atom. The van der Waals surface area contributed by atoms with Crippen LogP contribution in [-0.2, 0) is 6.54 Å². The van der Waals surface area contributed by atoms with Crippen molar-refractivity contribution in [1.82, 2.24) is 19.6 Å². The molecule has 26 heavy (non-hydrogen) atoms. The fraction of sp³-hybridized carbons (Fsp3) is 0.167. The molecule has 0 saturated heterocycles. The highest BCUT2D eigenvalue weighted by atomic mass is 32.1. The van der Waals surface area contributed by atoms with Crippen molar-refractivity contribution in [2.45, 2.75) is 20.4 Å². The molecule has 4 rings (SSSR count). The summed E-state index contributed by atoms with van der Waals surface area (Å²) >= 11 is 2.62. The van der Waals surface area contributed by atoms with Gasteiger partial charge in [0.05, 0.1) is 22.5 Å². The average Bonchev–Trinajstić information content (AvgIpc) is 3.27. The summed E-state index contributed by atoms with van der Waals surface area (Å²) in [5, 5.41) is 4.63. The lowest BCUT2D eigenvalue weighted by Gasteiger charge is -2.19. The smallest absolute Gasteiger partial charge is 0.274 e. The van der Waals surface area contributed by atoms with Gasteiger partial charge in [0.15, 0.2) is 5.13 Å². The number of benzene rings is 1. The van der Waals surface area contributed by atoms with Crippen molar-refractivity contribution in [3.05, 3.63) is 64.4 Å². The molecule has 0 aliphatic rings. The molecule has 4 aromatic rings. The lowest BCUT2D eigenvalue weighted by Crippen LogP contribution is -2.30. The molecule has 0 radical (unpaired) electrons. The first-order valence-electron chi connectivity index (χ1n) is 7.99. The van der Waals surface area contributed by atoms with Crippen LogP contribution in [0.15, 0.2) is 42.7 Å². The third-order valence-electron chi connectivity index (χ3n) is 3.99. The molecule has 130 valence electrons. The normalized spacial score (nSPS) is 11.0. The molecule has 0 N–H and O–H groups in total. The lowest BCUT2D eigenvalue weighted by molar-refractivity contribution is 0.0988. The van der Waals surface area contributed by atoms with E-state index in [2.05, 4.69) is 14.6 Å². The van der Waals surface area contributed by atoms with Crippen molar-refractivity contribution in [2.75, 3.05) is 4.90 Å². The molecular weight excluding hydrogens is 366 g/mol. The van der Waals surface area contributed by atoms with Crippen LogP contribution in [0.3, 0.4) is 0 Å². The zero-order valence-corrected chi connectivity index (χ0v) is 15.8. The molecule has 0 saturated carbocycles.